The average Bonchev–Trinajstić information content (AvgIpc) is 2.28. The zero-order chi connectivity index (χ0) is 12.4. The second kappa shape index (κ2) is 5.07. The van der Waals surface area contributed by atoms with Gasteiger partial charge in [0.25, 0.3) is 5.84 Å². The van der Waals surface area contributed by atoms with Gasteiger partial charge in [-0.05, 0) is 38.1 Å². The van der Waals surface area contributed by atoms with E-state index in [9.17, 15) is 0 Å². The molecule has 2 atom stereocenters. The van der Waals surface area contributed by atoms with Gasteiger partial charge in [-0.1, -0.05) is 11.6 Å². The Bertz CT molecular complexity index is 416. The zero-order valence-corrected chi connectivity index (χ0v) is 10.9. The van der Waals surface area contributed by atoms with Gasteiger partial charge in [0.2, 0.25) is 0 Å². The van der Waals surface area contributed by atoms with Gasteiger partial charge in [0, 0.05) is 5.02 Å². The molecule has 2 rings (SSSR count). The summed E-state index contributed by atoms with van der Waals surface area (Å²) in [6, 6.07) is 7.61. The van der Waals surface area contributed by atoms with Crippen LogP contribution in [0.5, 0.6) is 0 Å². The summed E-state index contributed by atoms with van der Waals surface area (Å²) >= 11 is 5.86. The molecule has 0 radical (unpaired) electrons. The Labute approximate surface area is 107 Å². The van der Waals surface area contributed by atoms with Gasteiger partial charge in [-0.3, -0.25) is 10.3 Å². The van der Waals surface area contributed by atoms with Crippen molar-refractivity contribution in [1.29, 1.82) is 0 Å². The maximum atomic E-state index is 6.19. The van der Waals surface area contributed by atoms with Crippen LogP contribution in [0.2, 0.25) is 5.02 Å². The molecule has 0 amide bonds. The minimum atomic E-state index is 0.213. The highest BCUT2D eigenvalue weighted by Crippen LogP contribution is 2.11. The molecule has 0 unspecified atom stereocenters. The highest BCUT2D eigenvalue weighted by Gasteiger charge is 2.24. The monoisotopic (exact) mass is 253 g/mol. The Hall–Kier alpha value is -1.06. The van der Waals surface area contributed by atoms with E-state index >= 15 is 0 Å². The Kier molecular flexibility index (Phi) is 3.69. The Morgan fingerprint density at radius 2 is 1.76 bits per heavy atom. The summed E-state index contributed by atoms with van der Waals surface area (Å²) in [7, 11) is 0. The van der Waals surface area contributed by atoms with Gasteiger partial charge in [0.15, 0.2) is 0 Å². The first kappa shape index (κ1) is 12.4. The fourth-order valence-corrected chi connectivity index (χ4v) is 2.30. The van der Waals surface area contributed by atoms with Crippen LogP contribution in [0.25, 0.3) is 0 Å². The second-order valence-electron chi connectivity index (χ2n) is 4.55. The third-order valence-corrected chi connectivity index (χ3v) is 3.15. The van der Waals surface area contributed by atoms with E-state index in [0.717, 1.165) is 29.5 Å². The zero-order valence-electron chi connectivity index (χ0n) is 10.2. The largest absolute Gasteiger partial charge is 0.367 e. The first-order chi connectivity index (χ1) is 8.06. The lowest BCUT2D eigenvalue weighted by Crippen LogP contribution is -2.45. The summed E-state index contributed by atoms with van der Waals surface area (Å²) in [6.07, 6.45) is 0.425. The van der Waals surface area contributed by atoms with Crippen LogP contribution < -0.4 is 5.73 Å². The predicted molar refractivity (Wildman–Crippen MR) is 69.8 cm³/mol. The van der Waals surface area contributed by atoms with E-state index in [1.165, 1.54) is 0 Å². The molecule has 0 bridgehead atoms. The Balaban J connectivity index is 2.27. The van der Waals surface area contributed by atoms with Crippen molar-refractivity contribution in [2.45, 2.75) is 26.1 Å². The standard InChI is InChI=1S/C13H17ClN2O/c1-9-7-16(8-10(2)17-9)13(15)11-3-5-12(14)6-4-11/h3-6,9-10,15H,7-8H2,1-2H3/p+1/t9-,10-/m0/s1. The van der Waals surface area contributed by atoms with Gasteiger partial charge in [-0.15, -0.1) is 0 Å². The van der Waals surface area contributed by atoms with Crippen molar-refractivity contribution in [3.63, 3.8) is 0 Å². The van der Waals surface area contributed by atoms with E-state index in [1.807, 2.05) is 24.3 Å². The fraction of sp³-hybridized carbons (Fsp3) is 0.462. The molecule has 92 valence electrons. The van der Waals surface area contributed by atoms with Crippen molar-refractivity contribution in [2.75, 3.05) is 13.1 Å². The van der Waals surface area contributed by atoms with E-state index in [1.54, 1.807) is 0 Å². The maximum absolute atomic E-state index is 6.19. The number of hydrogen-bond acceptors (Lipinski definition) is 1. The van der Waals surface area contributed by atoms with Crippen molar-refractivity contribution in [2.24, 2.45) is 5.73 Å². The van der Waals surface area contributed by atoms with Gasteiger partial charge >= 0.3 is 0 Å². The van der Waals surface area contributed by atoms with Crippen molar-refractivity contribution in [3.8, 4) is 0 Å². The number of hydrogen-bond donors (Lipinski definition) is 1. The lowest BCUT2D eigenvalue weighted by molar-refractivity contribution is -0.567. The van der Waals surface area contributed by atoms with Gasteiger partial charge in [0.1, 0.15) is 13.1 Å². The Morgan fingerprint density at radius 1 is 1.24 bits per heavy atom. The molecule has 0 saturated carbocycles. The van der Waals surface area contributed by atoms with Crippen LogP contribution in [-0.4, -0.2) is 35.7 Å². The molecule has 1 heterocycles. The minimum absolute atomic E-state index is 0.213. The normalized spacial score (nSPS) is 24.8. The molecule has 2 N–H and O–H groups in total. The van der Waals surface area contributed by atoms with Crippen molar-refractivity contribution in [3.05, 3.63) is 34.9 Å². The van der Waals surface area contributed by atoms with Crippen LogP contribution in [0.1, 0.15) is 19.4 Å². The number of halogens is 1. The molecule has 1 saturated heterocycles. The molecule has 1 aliphatic rings. The summed E-state index contributed by atoms with van der Waals surface area (Å²) in [4.78, 5) is 0. The molecule has 1 aromatic rings. The van der Waals surface area contributed by atoms with Gasteiger partial charge in [-0.2, -0.15) is 0 Å². The lowest BCUT2D eigenvalue weighted by Gasteiger charge is -2.26. The molecule has 17 heavy (non-hydrogen) atoms. The van der Waals surface area contributed by atoms with E-state index in [0.29, 0.717) is 0 Å². The lowest BCUT2D eigenvalue weighted by atomic mass is 10.2. The van der Waals surface area contributed by atoms with Crippen LogP contribution in [0.4, 0.5) is 0 Å². The quantitative estimate of drug-likeness (QED) is 0.613. The molecular weight excluding hydrogens is 236 g/mol. The van der Waals surface area contributed by atoms with E-state index in [2.05, 4.69) is 18.4 Å². The number of nitrogens with zero attached hydrogens (tertiary/aromatic N) is 1. The summed E-state index contributed by atoms with van der Waals surface area (Å²) < 4.78 is 7.86. The van der Waals surface area contributed by atoms with Gasteiger partial charge < -0.3 is 4.74 Å². The van der Waals surface area contributed by atoms with Crippen LogP contribution in [-0.2, 0) is 4.74 Å². The Morgan fingerprint density at radius 3 is 2.29 bits per heavy atom. The fourth-order valence-electron chi connectivity index (χ4n) is 2.18. The van der Waals surface area contributed by atoms with Crippen LogP contribution in [0.3, 0.4) is 0 Å². The number of rotatable bonds is 1. The summed E-state index contributed by atoms with van der Waals surface area (Å²) in [5.74, 6) is 0.795. The van der Waals surface area contributed by atoms with Gasteiger partial charge in [-0.25, -0.2) is 0 Å². The van der Waals surface area contributed by atoms with Crippen LogP contribution in [0.15, 0.2) is 24.3 Å². The number of ether oxygens (including phenoxy) is 1. The summed E-state index contributed by atoms with van der Waals surface area (Å²) in [6.45, 7) is 5.80. The molecule has 1 fully saturated rings. The van der Waals surface area contributed by atoms with Crippen LogP contribution in [0, 0.1) is 0 Å². The number of nitrogens with two attached hydrogens (primary N) is 1. The third kappa shape index (κ3) is 2.99. The predicted octanol–water partition coefficient (Wildman–Crippen LogP) is 1.87. The molecule has 1 aromatic carbocycles. The topological polar surface area (TPSA) is 38.3 Å². The molecule has 3 nitrogen and oxygen atoms in total. The van der Waals surface area contributed by atoms with Crippen molar-refractivity contribution < 1.29 is 9.31 Å². The average molecular weight is 254 g/mol. The SMILES string of the molecule is C[C@H]1C[N+](=C(N)c2ccc(Cl)cc2)C[C@H](C)O1. The number of amidine groups is 1. The molecule has 0 spiro atoms. The highest BCUT2D eigenvalue weighted by molar-refractivity contribution is 6.30. The molecule has 1 aliphatic heterocycles. The maximum Gasteiger partial charge on any atom is 0.275 e. The van der Waals surface area contributed by atoms with Crippen molar-refractivity contribution >= 4 is 17.4 Å². The molecule has 0 aromatic heterocycles. The van der Waals surface area contributed by atoms with Gasteiger partial charge in [0.05, 0.1) is 17.8 Å². The highest BCUT2D eigenvalue weighted by atomic mass is 35.5. The summed E-state index contributed by atoms with van der Waals surface area (Å²) in [5, 5.41) is 0.727. The summed E-state index contributed by atoms with van der Waals surface area (Å²) in [5.41, 5.74) is 7.20. The first-order valence-corrected chi connectivity index (χ1v) is 6.23. The third-order valence-electron chi connectivity index (χ3n) is 2.90. The molecular formula is C13H18ClN2O+. The smallest absolute Gasteiger partial charge is 0.275 e. The molecule has 0 aliphatic carbocycles. The van der Waals surface area contributed by atoms with Crippen molar-refractivity contribution in [1.82, 2.24) is 0 Å². The minimum Gasteiger partial charge on any atom is -0.367 e. The molecule has 4 heteroatoms. The first-order valence-electron chi connectivity index (χ1n) is 5.85. The van der Waals surface area contributed by atoms with Crippen LogP contribution >= 0.6 is 11.6 Å². The van der Waals surface area contributed by atoms with E-state index in [4.69, 9.17) is 22.1 Å². The second-order valence-corrected chi connectivity index (χ2v) is 4.99. The van der Waals surface area contributed by atoms with E-state index in [-0.39, 0.29) is 12.2 Å². The number of morpholine rings is 1. The number of benzene rings is 1. The van der Waals surface area contributed by atoms with E-state index < -0.39 is 0 Å².